The zero-order valence-corrected chi connectivity index (χ0v) is 20.0. The molecule has 0 aliphatic carbocycles. The van der Waals surface area contributed by atoms with Gasteiger partial charge in [0.1, 0.15) is 11.2 Å². The largest absolute Gasteiger partial charge is 0.456 e. The lowest BCUT2D eigenvalue weighted by Gasteiger charge is -2.11. The number of aromatic nitrogens is 1. The molecule has 0 bridgehead atoms. The number of fused-ring (bicyclic) bond motifs is 6. The van der Waals surface area contributed by atoms with Gasteiger partial charge in [0.05, 0.1) is 22.0 Å². The lowest BCUT2D eigenvalue weighted by molar-refractivity contribution is 0.669. The Morgan fingerprint density at radius 1 is 0.474 bits per heavy atom. The van der Waals surface area contributed by atoms with Crippen molar-refractivity contribution in [1.82, 2.24) is 4.57 Å². The van der Waals surface area contributed by atoms with Crippen molar-refractivity contribution in [2.45, 2.75) is 0 Å². The second-order valence-corrected chi connectivity index (χ2v) is 9.22. The lowest BCUT2D eigenvalue weighted by Crippen LogP contribution is -1.94. The zero-order chi connectivity index (χ0) is 32.0. The molecule has 0 spiro atoms. The van der Waals surface area contributed by atoms with E-state index in [1.165, 1.54) is 4.57 Å². The van der Waals surface area contributed by atoms with Crippen LogP contribution < -0.4 is 0 Å². The van der Waals surface area contributed by atoms with Crippen LogP contribution in [0, 0.1) is 0 Å². The van der Waals surface area contributed by atoms with E-state index in [1.54, 1.807) is 6.07 Å². The van der Waals surface area contributed by atoms with Crippen LogP contribution >= 0.6 is 0 Å². The second-order valence-electron chi connectivity index (χ2n) is 9.22. The van der Waals surface area contributed by atoms with Crippen LogP contribution in [0.15, 0.2) is 144 Å². The first-order valence-electron chi connectivity index (χ1n) is 16.3. The number of hydrogen-bond donors (Lipinski definition) is 0. The molecule has 0 aliphatic rings. The lowest BCUT2D eigenvalue weighted by atomic mass is 9.99. The Kier molecular flexibility index (Phi) is 3.16. The molecule has 178 valence electrons. The number of para-hydroxylation sites is 3. The highest BCUT2D eigenvalue weighted by molar-refractivity contribution is 6.09. The summed E-state index contributed by atoms with van der Waals surface area (Å²) in [6, 6.07) is 26.4. The maximum atomic E-state index is 8.77. The molecular formula is C36H23NO. The van der Waals surface area contributed by atoms with Crippen molar-refractivity contribution in [3.8, 4) is 27.9 Å². The van der Waals surface area contributed by atoms with Crippen molar-refractivity contribution < 1.29 is 15.4 Å². The van der Waals surface area contributed by atoms with Crippen molar-refractivity contribution >= 4 is 43.7 Å². The Bertz CT molecular complexity index is 2490. The van der Waals surface area contributed by atoms with Gasteiger partial charge in [0.25, 0.3) is 0 Å². The Balaban J connectivity index is 1.28. The maximum Gasteiger partial charge on any atom is 0.136 e. The predicted octanol–water partition coefficient (Wildman–Crippen LogP) is 10.0. The average molecular weight is 494 g/mol. The van der Waals surface area contributed by atoms with Gasteiger partial charge in [-0.2, -0.15) is 0 Å². The van der Waals surface area contributed by atoms with Gasteiger partial charge >= 0.3 is 0 Å². The van der Waals surface area contributed by atoms with E-state index in [2.05, 4.69) is 12.1 Å². The van der Waals surface area contributed by atoms with Crippen molar-refractivity contribution in [3.63, 3.8) is 0 Å². The molecule has 0 aliphatic heterocycles. The zero-order valence-electron chi connectivity index (χ0n) is 28.0. The van der Waals surface area contributed by atoms with E-state index in [9.17, 15) is 0 Å². The Morgan fingerprint density at radius 2 is 1.08 bits per heavy atom. The molecule has 0 radical (unpaired) electrons. The smallest absolute Gasteiger partial charge is 0.136 e. The van der Waals surface area contributed by atoms with Crippen LogP contribution in [-0.2, 0) is 0 Å². The minimum Gasteiger partial charge on any atom is -0.456 e. The summed E-state index contributed by atoms with van der Waals surface area (Å²) < 4.78 is 75.7. The van der Waals surface area contributed by atoms with Crippen LogP contribution in [0.25, 0.3) is 71.7 Å². The van der Waals surface area contributed by atoms with E-state index in [0.29, 0.717) is 5.69 Å². The average Bonchev–Trinajstić information content (AvgIpc) is 3.64. The molecule has 8 rings (SSSR count). The SMILES string of the molecule is [2H]c1c([2H])c([2H])c2c(c1[2H])c1c([2H])c([2H])c([2H])c([2H])c1n2-c1cccc(-c2ccc(-c3ccc4c(c3)oc3ccccc34)cc2)c1. The van der Waals surface area contributed by atoms with Crippen molar-refractivity contribution in [1.29, 1.82) is 0 Å². The van der Waals surface area contributed by atoms with Gasteiger partial charge < -0.3 is 8.98 Å². The summed E-state index contributed by atoms with van der Waals surface area (Å²) in [7, 11) is 0. The molecule has 2 aromatic heterocycles. The fraction of sp³-hybridized carbons (Fsp3) is 0. The molecule has 0 unspecified atom stereocenters. The summed E-state index contributed by atoms with van der Waals surface area (Å²) in [5, 5.41) is 2.26. The van der Waals surface area contributed by atoms with Gasteiger partial charge in [-0.25, -0.2) is 0 Å². The number of nitrogens with zero attached hydrogens (tertiary/aromatic N) is 1. The third kappa shape index (κ3) is 3.21. The van der Waals surface area contributed by atoms with Gasteiger partial charge in [-0.3, -0.25) is 0 Å². The molecular weight excluding hydrogens is 462 g/mol. The Hall–Kier alpha value is -5.08. The van der Waals surface area contributed by atoms with Crippen LogP contribution in [0.2, 0.25) is 0 Å². The molecule has 0 saturated carbocycles. The molecule has 0 N–H and O–H groups in total. The number of hydrogen-bond acceptors (Lipinski definition) is 1. The third-order valence-corrected chi connectivity index (χ3v) is 7.07. The summed E-state index contributed by atoms with van der Waals surface area (Å²) in [4.78, 5) is 0. The summed E-state index contributed by atoms with van der Waals surface area (Å²) >= 11 is 0. The highest BCUT2D eigenvalue weighted by atomic mass is 16.3. The van der Waals surface area contributed by atoms with Gasteiger partial charge in [-0.1, -0.05) is 96.9 Å². The van der Waals surface area contributed by atoms with Gasteiger partial charge in [-0.15, -0.1) is 0 Å². The number of rotatable bonds is 3. The highest BCUT2D eigenvalue weighted by Gasteiger charge is 2.12. The van der Waals surface area contributed by atoms with Crippen LogP contribution in [0.3, 0.4) is 0 Å². The first-order chi connectivity index (χ1) is 22.2. The normalized spacial score (nSPS) is 14.6. The maximum absolute atomic E-state index is 8.77. The molecule has 38 heavy (non-hydrogen) atoms. The molecule has 0 amide bonds. The van der Waals surface area contributed by atoms with Crippen LogP contribution in [0.4, 0.5) is 0 Å². The third-order valence-electron chi connectivity index (χ3n) is 7.07. The van der Waals surface area contributed by atoms with Gasteiger partial charge in [0.2, 0.25) is 0 Å². The fourth-order valence-electron chi connectivity index (χ4n) is 5.26. The Morgan fingerprint density at radius 3 is 1.82 bits per heavy atom. The quantitative estimate of drug-likeness (QED) is 0.239. The van der Waals surface area contributed by atoms with Crippen molar-refractivity contribution in [2.75, 3.05) is 0 Å². The number of benzene rings is 6. The number of furan rings is 1. The van der Waals surface area contributed by atoms with Gasteiger partial charge in [0.15, 0.2) is 0 Å². The van der Waals surface area contributed by atoms with E-state index in [-0.39, 0.29) is 46.0 Å². The van der Waals surface area contributed by atoms with Gasteiger partial charge in [-0.05, 0) is 64.7 Å². The molecule has 0 saturated heterocycles. The van der Waals surface area contributed by atoms with E-state index in [1.807, 2.05) is 72.8 Å². The molecule has 2 heterocycles. The van der Waals surface area contributed by atoms with Crippen LogP contribution in [-0.4, -0.2) is 4.57 Å². The van der Waals surface area contributed by atoms with Crippen molar-refractivity contribution in [3.05, 3.63) is 139 Å². The molecule has 0 atom stereocenters. The minimum atomic E-state index is -0.461. The standard InChI is InChI=1S/C36H23NO/c1-4-13-33-29(10-1)30-11-2-5-14-34(30)37(33)28-9-7-8-26(22-28)24-16-18-25(19-17-24)27-20-21-32-31-12-3-6-15-35(31)38-36(32)23-27/h1-23H/i1D,2D,4D,5D,10D,11D,13D,14D. The molecule has 2 heteroatoms. The van der Waals surface area contributed by atoms with E-state index in [4.69, 9.17) is 15.4 Å². The Labute approximate surface area is 231 Å². The van der Waals surface area contributed by atoms with E-state index in [0.717, 1.165) is 44.2 Å². The van der Waals surface area contributed by atoms with Gasteiger partial charge in [0, 0.05) is 27.2 Å². The highest BCUT2D eigenvalue weighted by Crippen LogP contribution is 2.35. The van der Waals surface area contributed by atoms with E-state index < -0.39 is 24.2 Å². The summed E-state index contributed by atoms with van der Waals surface area (Å²) in [6.07, 6.45) is 0. The van der Waals surface area contributed by atoms with Crippen LogP contribution in [0.1, 0.15) is 11.0 Å². The topological polar surface area (TPSA) is 18.1 Å². The first-order valence-corrected chi connectivity index (χ1v) is 12.3. The predicted molar refractivity (Wildman–Crippen MR) is 159 cm³/mol. The summed E-state index contributed by atoms with van der Waals surface area (Å²) in [6.45, 7) is 0. The van der Waals surface area contributed by atoms with Crippen molar-refractivity contribution in [2.24, 2.45) is 0 Å². The van der Waals surface area contributed by atoms with E-state index >= 15 is 0 Å². The minimum absolute atomic E-state index is 0.0594. The summed E-state index contributed by atoms with van der Waals surface area (Å²) in [5.74, 6) is 0. The molecule has 2 nitrogen and oxygen atoms in total. The molecule has 6 aromatic carbocycles. The molecule has 0 fully saturated rings. The summed E-state index contributed by atoms with van der Waals surface area (Å²) in [5.41, 5.74) is 6.12. The second kappa shape index (κ2) is 8.22. The molecule has 8 aromatic rings. The fourth-order valence-corrected chi connectivity index (χ4v) is 5.26. The monoisotopic (exact) mass is 493 g/mol. The van der Waals surface area contributed by atoms with Crippen LogP contribution in [0.5, 0.6) is 0 Å². The first kappa shape index (κ1) is 14.6.